The number of aryl methyl sites for hydroxylation is 1. The first-order valence-electron chi connectivity index (χ1n) is 9.94. The molecule has 1 saturated carbocycles. The predicted octanol–water partition coefficient (Wildman–Crippen LogP) is 1.60. The molecule has 5 atom stereocenters. The van der Waals surface area contributed by atoms with Gasteiger partial charge in [-0.25, -0.2) is 4.79 Å². The van der Waals surface area contributed by atoms with Crippen LogP contribution in [0.3, 0.4) is 0 Å². The number of nitrogens with zero attached hydrogens (tertiary/aromatic N) is 1. The van der Waals surface area contributed by atoms with Gasteiger partial charge in [0.1, 0.15) is 12.1 Å². The molecule has 3 rings (SSSR count). The van der Waals surface area contributed by atoms with E-state index in [1.54, 1.807) is 13.8 Å². The molecule has 7 heteroatoms. The second kappa shape index (κ2) is 8.73. The Hall–Kier alpha value is -2.41. The van der Waals surface area contributed by atoms with Crippen LogP contribution in [0.1, 0.15) is 38.7 Å². The number of benzene rings is 1. The summed E-state index contributed by atoms with van der Waals surface area (Å²) in [4.78, 5) is 38.3. The number of rotatable bonds is 9. The number of piperidine rings is 1. The van der Waals surface area contributed by atoms with Gasteiger partial charge in [0.2, 0.25) is 5.91 Å². The molecular formula is C21H28N2O5. The third kappa shape index (κ3) is 4.52. The van der Waals surface area contributed by atoms with E-state index >= 15 is 0 Å². The number of aliphatic carboxylic acids is 1. The van der Waals surface area contributed by atoms with E-state index in [1.807, 2.05) is 30.3 Å². The molecule has 2 fully saturated rings. The number of ether oxygens (including phenoxy) is 1. The molecule has 1 aliphatic heterocycles. The highest BCUT2D eigenvalue weighted by Gasteiger charge is 2.56. The Morgan fingerprint density at radius 3 is 2.61 bits per heavy atom. The lowest BCUT2D eigenvalue weighted by Gasteiger charge is -2.29. The molecule has 0 bridgehead atoms. The highest BCUT2D eigenvalue weighted by Crippen LogP contribution is 2.48. The Kier molecular flexibility index (Phi) is 6.34. The number of carboxylic acids is 1. The maximum Gasteiger partial charge on any atom is 0.326 e. The van der Waals surface area contributed by atoms with Gasteiger partial charge in [0.15, 0.2) is 0 Å². The predicted molar refractivity (Wildman–Crippen MR) is 103 cm³/mol. The van der Waals surface area contributed by atoms with Gasteiger partial charge in [0, 0.05) is 6.04 Å². The fourth-order valence-electron chi connectivity index (χ4n) is 4.06. The second-order valence-corrected chi connectivity index (χ2v) is 7.62. The van der Waals surface area contributed by atoms with E-state index in [4.69, 9.17) is 4.74 Å². The average Bonchev–Trinajstić information content (AvgIpc) is 3.35. The fraction of sp³-hybridized carbons (Fsp3) is 0.571. The average molecular weight is 388 g/mol. The van der Waals surface area contributed by atoms with E-state index in [2.05, 4.69) is 5.32 Å². The lowest BCUT2D eigenvalue weighted by atomic mass is 10.0. The highest BCUT2D eigenvalue weighted by atomic mass is 16.5. The molecule has 1 heterocycles. The summed E-state index contributed by atoms with van der Waals surface area (Å²) in [7, 11) is 0. The largest absolute Gasteiger partial charge is 0.480 e. The SMILES string of the molecule is CCOC(=O)C(CCc1ccccc1)N[C@@H](C)C(=O)N1C(C(=O)O)CC2CC21. The molecule has 7 nitrogen and oxygen atoms in total. The molecule has 1 amide bonds. The minimum atomic E-state index is -0.959. The summed E-state index contributed by atoms with van der Waals surface area (Å²) >= 11 is 0. The van der Waals surface area contributed by atoms with E-state index < -0.39 is 30.1 Å². The van der Waals surface area contributed by atoms with Crippen LogP contribution in [0.25, 0.3) is 0 Å². The van der Waals surface area contributed by atoms with Gasteiger partial charge in [0.25, 0.3) is 0 Å². The normalized spacial score (nSPS) is 24.9. The van der Waals surface area contributed by atoms with Crippen molar-refractivity contribution in [2.24, 2.45) is 5.92 Å². The number of amides is 1. The van der Waals surface area contributed by atoms with Crippen molar-refractivity contribution in [2.45, 2.75) is 63.7 Å². The van der Waals surface area contributed by atoms with Crippen LogP contribution in [0.5, 0.6) is 0 Å². The van der Waals surface area contributed by atoms with Crippen molar-refractivity contribution in [2.75, 3.05) is 6.61 Å². The summed E-state index contributed by atoms with van der Waals surface area (Å²) in [6.45, 7) is 3.70. The maximum atomic E-state index is 12.9. The van der Waals surface area contributed by atoms with Gasteiger partial charge >= 0.3 is 11.9 Å². The van der Waals surface area contributed by atoms with Crippen LogP contribution in [0.2, 0.25) is 0 Å². The Labute approximate surface area is 165 Å². The van der Waals surface area contributed by atoms with E-state index in [0.29, 0.717) is 25.2 Å². The minimum absolute atomic E-state index is 0.0308. The molecule has 152 valence electrons. The Morgan fingerprint density at radius 2 is 1.96 bits per heavy atom. The molecule has 2 aliphatic rings. The molecular weight excluding hydrogens is 360 g/mol. The molecule has 0 aromatic heterocycles. The monoisotopic (exact) mass is 388 g/mol. The van der Waals surface area contributed by atoms with Crippen LogP contribution in [0.4, 0.5) is 0 Å². The van der Waals surface area contributed by atoms with Crippen LogP contribution in [0, 0.1) is 5.92 Å². The van der Waals surface area contributed by atoms with Gasteiger partial charge < -0.3 is 14.7 Å². The van der Waals surface area contributed by atoms with Crippen molar-refractivity contribution in [1.82, 2.24) is 10.2 Å². The zero-order valence-corrected chi connectivity index (χ0v) is 16.3. The number of likely N-dealkylation sites (tertiary alicyclic amines) is 1. The van der Waals surface area contributed by atoms with Crippen LogP contribution in [-0.4, -0.2) is 58.6 Å². The zero-order valence-electron chi connectivity index (χ0n) is 16.3. The van der Waals surface area contributed by atoms with Crippen molar-refractivity contribution in [3.63, 3.8) is 0 Å². The first-order valence-corrected chi connectivity index (χ1v) is 9.94. The molecule has 0 spiro atoms. The number of carbonyl (C=O) groups excluding carboxylic acids is 2. The summed E-state index contributed by atoms with van der Waals surface area (Å²) in [5, 5.41) is 12.5. The number of hydrogen-bond donors (Lipinski definition) is 2. The highest BCUT2D eigenvalue weighted by molar-refractivity contribution is 5.89. The smallest absolute Gasteiger partial charge is 0.326 e. The molecule has 28 heavy (non-hydrogen) atoms. The van der Waals surface area contributed by atoms with Crippen LogP contribution in [0.15, 0.2) is 30.3 Å². The van der Waals surface area contributed by atoms with Gasteiger partial charge in [-0.15, -0.1) is 0 Å². The topological polar surface area (TPSA) is 95.9 Å². The van der Waals surface area contributed by atoms with Crippen molar-refractivity contribution >= 4 is 17.8 Å². The first kappa shape index (κ1) is 20.3. The Balaban J connectivity index is 1.64. The summed E-state index contributed by atoms with van der Waals surface area (Å²) in [5.41, 5.74) is 1.10. The van der Waals surface area contributed by atoms with Gasteiger partial charge in [0.05, 0.1) is 12.6 Å². The number of carboxylic acid groups (broad SMARTS) is 1. The molecule has 1 aromatic carbocycles. The third-order valence-electron chi connectivity index (χ3n) is 5.60. The fourth-order valence-corrected chi connectivity index (χ4v) is 4.06. The minimum Gasteiger partial charge on any atom is -0.480 e. The number of fused-ring (bicyclic) bond motifs is 1. The van der Waals surface area contributed by atoms with Crippen LogP contribution < -0.4 is 5.32 Å². The third-order valence-corrected chi connectivity index (χ3v) is 5.60. The van der Waals surface area contributed by atoms with E-state index in [0.717, 1.165) is 12.0 Å². The molecule has 1 aromatic rings. The maximum absolute atomic E-state index is 12.9. The van der Waals surface area contributed by atoms with Crippen molar-refractivity contribution in [3.8, 4) is 0 Å². The van der Waals surface area contributed by atoms with E-state index in [1.165, 1.54) is 4.90 Å². The zero-order chi connectivity index (χ0) is 20.3. The van der Waals surface area contributed by atoms with Crippen LogP contribution in [-0.2, 0) is 25.5 Å². The molecule has 1 saturated heterocycles. The first-order chi connectivity index (χ1) is 13.4. The molecule has 1 aliphatic carbocycles. The number of esters is 1. The number of hydrogen-bond acceptors (Lipinski definition) is 5. The summed E-state index contributed by atoms with van der Waals surface area (Å²) in [6.07, 6.45) is 2.56. The van der Waals surface area contributed by atoms with E-state index in [-0.39, 0.29) is 18.6 Å². The van der Waals surface area contributed by atoms with Gasteiger partial charge in [-0.05, 0) is 51.0 Å². The van der Waals surface area contributed by atoms with Crippen molar-refractivity contribution < 1.29 is 24.2 Å². The lowest BCUT2D eigenvalue weighted by molar-refractivity contribution is -0.151. The Morgan fingerprint density at radius 1 is 1.25 bits per heavy atom. The second-order valence-electron chi connectivity index (χ2n) is 7.62. The quantitative estimate of drug-likeness (QED) is 0.624. The Bertz CT molecular complexity index is 723. The van der Waals surface area contributed by atoms with Gasteiger partial charge in [-0.3, -0.25) is 14.9 Å². The lowest BCUT2D eigenvalue weighted by Crippen LogP contribution is -2.54. The number of carbonyl (C=O) groups is 3. The van der Waals surface area contributed by atoms with E-state index in [9.17, 15) is 19.5 Å². The summed E-state index contributed by atoms with van der Waals surface area (Å²) < 4.78 is 5.17. The van der Waals surface area contributed by atoms with Gasteiger partial charge in [-0.2, -0.15) is 0 Å². The van der Waals surface area contributed by atoms with Crippen molar-refractivity contribution in [3.05, 3.63) is 35.9 Å². The van der Waals surface area contributed by atoms with Crippen LogP contribution >= 0.6 is 0 Å². The molecule has 0 radical (unpaired) electrons. The summed E-state index contributed by atoms with van der Waals surface area (Å²) in [5.74, 6) is -1.31. The standard InChI is InChI=1S/C21H28N2O5/c1-3-28-21(27)16(10-9-14-7-5-4-6-8-14)22-13(2)19(24)23-17-11-15(17)12-18(23)20(25)26/h4-8,13,15-18,22H,3,9-12H2,1-2H3,(H,25,26)/t13-,15?,16?,17?,18?/m0/s1. The summed E-state index contributed by atoms with van der Waals surface area (Å²) in [6, 6.07) is 7.79. The number of nitrogens with one attached hydrogen (secondary N) is 1. The molecule has 2 N–H and O–H groups in total. The molecule has 4 unspecified atom stereocenters. The van der Waals surface area contributed by atoms with Crippen molar-refractivity contribution in [1.29, 1.82) is 0 Å². The van der Waals surface area contributed by atoms with Gasteiger partial charge in [-0.1, -0.05) is 30.3 Å².